The van der Waals surface area contributed by atoms with Crippen molar-refractivity contribution in [3.8, 4) is 0 Å². The zero-order valence-corrected chi connectivity index (χ0v) is 16.7. The van der Waals surface area contributed by atoms with E-state index in [1.807, 2.05) is 0 Å². The van der Waals surface area contributed by atoms with E-state index in [-0.39, 0.29) is 0 Å². The third kappa shape index (κ3) is 18.2. The van der Waals surface area contributed by atoms with Gasteiger partial charge in [0.2, 0.25) is 0 Å². The Morgan fingerprint density at radius 3 is 0.706 bits per heavy atom. The third-order valence-electron chi connectivity index (χ3n) is 2.94. The Bertz CT molecular complexity index is 737. The van der Waals surface area contributed by atoms with Gasteiger partial charge in [-0.05, 0) is 0 Å². The molecule has 0 heterocycles. The number of carboxylic acids is 8. The van der Waals surface area contributed by atoms with E-state index in [0.29, 0.717) is 12.2 Å². The smallest absolute Gasteiger partial charge is 0.336 e. The molecule has 18 nitrogen and oxygen atoms in total. The van der Waals surface area contributed by atoms with Gasteiger partial charge in [-0.15, -0.1) is 0 Å². The van der Waals surface area contributed by atoms with Crippen molar-refractivity contribution in [2.75, 3.05) is 0 Å². The molecular weight excluding hydrogens is 480 g/mol. The first-order valence-electron chi connectivity index (χ1n) is 8.11. The van der Waals surface area contributed by atoms with Gasteiger partial charge < -0.3 is 51.1 Å². The molecule has 0 bridgehead atoms. The Morgan fingerprint density at radius 1 is 0.441 bits per heavy atom. The van der Waals surface area contributed by atoms with Gasteiger partial charge in [0.15, 0.2) is 11.2 Å². The van der Waals surface area contributed by atoms with Crippen LogP contribution in [0.3, 0.4) is 0 Å². The summed E-state index contributed by atoms with van der Waals surface area (Å²) >= 11 is 0. The fourth-order valence-corrected chi connectivity index (χ4v) is 1.57. The fourth-order valence-electron chi connectivity index (χ4n) is 1.57. The van der Waals surface area contributed by atoms with E-state index in [4.69, 9.17) is 51.1 Å². The van der Waals surface area contributed by atoms with E-state index in [2.05, 4.69) is 0 Å². The zero-order chi connectivity index (χ0) is 27.9. The number of aliphatic carboxylic acids is 8. The number of carbonyl (C=O) groups is 8. The first-order valence-corrected chi connectivity index (χ1v) is 8.11. The molecule has 18 heteroatoms. The second kappa shape index (κ2) is 15.3. The van der Waals surface area contributed by atoms with Crippen molar-refractivity contribution in [2.45, 2.75) is 36.9 Å². The minimum atomic E-state index is -2.74. The lowest BCUT2D eigenvalue weighted by molar-refractivity contribution is -0.170. The average molecular weight is 500 g/mol. The predicted octanol–water partition coefficient (Wildman–Crippen LogP) is -2.79. The highest BCUT2D eigenvalue weighted by Gasteiger charge is 2.41. The molecule has 192 valence electrons. The van der Waals surface area contributed by atoms with Gasteiger partial charge in [-0.3, -0.25) is 19.2 Å². The molecule has 0 radical (unpaired) electrons. The molecule has 0 aromatic carbocycles. The Hall–Kier alpha value is -4.58. The van der Waals surface area contributed by atoms with E-state index in [9.17, 15) is 38.4 Å². The number of aliphatic hydroxyl groups is 2. The second-order valence-corrected chi connectivity index (χ2v) is 5.97. The second-order valence-electron chi connectivity index (χ2n) is 5.97. The summed E-state index contributed by atoms with van der Waals surface area (Å²) < 4.78 is 0. The summed E-state index contributed by atoms with van der Waals surface area (Å²) in [4.78, 5) is 80.1. The minimum absolute atomic E-state index is 0.558. The summed E-state index contributed by atoms with van der Waals surface area (Å²) in [7, 11) is 0. The first-order chi connectivity index (χ1) is 15.2. The van der Waals surface area contributed by atoms with Crippen molar-refractivity contribution in [2.24, 2.45) is 0 Å². The summed E-state index contributed by atoms with van der Waals surface area (Å²) in [6, 6.07) is 0. The molecule has 0 saturated carbocycles. The van der Waals surface area contributed by atoms with Crippen molar-refractivity contribution in [3.63, 3.8) is 0 Å². The molecule has 0 aromatic heterocycles. The quantitative estimate of drug-likeness (QED) is 0.121. The zero-order valence-electron chi connectivity index (χ0n) is 16.7. The molecule has 0 rings (SSSR count). The Balaban J connectivity index is -0.000000438. The van der Waals surface area contributed by atoms with E-state index < -0.39 is 84.6 Å². The standard InChI is InChI=1S/2C6H8O7.C4H4O4/c2*7-3(8)1-6(13,5(11)12)2-4(9)10;5-3(6)1-2-4(7)8/h2*13H,1-2H2,(H,7,8)(H,9,10)(H,11,12);1-2H,(H,5,6)(H,7,8)/b;;2-1+. The summed E-state index contributed by atoms with van der Waals surface area (Å²) in [5, 5.41) is 83.2. The summed E-state index contributed by atoms with van der Waals surface area (Å²) in [5.74, 6) is -12.6. The van der Waals surface area contributed by atoms with E-state index in [0.717, 1.165) is 0 Å². The molecule has 0 spiro atoms. The van der Waals surface area contributed by atoms with Crippen LogP contribution in [0.2, 0.25) is 0 Å². The lowest BCUT2D eigenvalue weighted by atomic mass is 9.96. The molecule has 0 amide bonds. The van der Waals surface area contributed by atoms with Crippen molar-refractivity contribution in [1.82, 2.24) is 0 Å². The molecule has 0 aliphatic carbocycles. The third-order valence-corrected chi connectivity index (χ3v) is 2.94. The highest BCUT2D eigenvalue weighted by atomic mass is 16.4. The maximum absolute atomic E-state index is 10.3. The van der Waals surface area contributed by atoms with E-state index in [1.165, 1.54) is 0 Å². The van der Waals surface area contributed by atoms with Crippen molar-refractivity contribution in [3.05, 3.63) is 12.2 Å². The molecule has 0 aromatic rings. The Kier molecular flexibility index (Phi) is 15.3. The van der Waals surface area contributed by atoms with E-state index >= 15 is 0 Å². The lowest BCUT2D eigenvalue weighted by Crippen LogP contribution is -2.42. The molecule has 10 N–H and O–H groups in total. The number of hydrogen-bond donors (Lipinski definition) is 10. The summed E-state index contributed by atoms with van der Waals surface area (Å²) in [6.45, 7) is 0. The van der Waals surface area contributed by atoms with Crippen molar-refractivity contribution in [1.29, 1.82) is 0 Å². The molecule has 0 unspecified atom stereocenters. The van der Waals surface area contributed by atoms with Crippen LogP contribution in [-0.2, 0) is 38.4 Å². The number of rotatable bonds is 12. The van der Waals surface area contributed by atoms with Crippen LogP contribution in [0.15, 0.2) is 12.2 Å². The molecule has 34 heavy (non-hydrogen) atoms. The van der Waals surface area contributed by atoms with Gasteiger partial charge in [0, 0.05) is 12.2 Å². The van der Waals surface area contributed by atoms with Crippen LogP contribution in [-0.4, -0.2) is 110 Å². The van der Waals surface area contributed by atoms with Crippen LogP contribution < -0.4 is 0 Å². The monoisotopic (exact) mass is 500 g/mol. The molecule has 0 aliphatic heterocycles. The van der Waals surface area contributed by atoms with Crippen LogP contribution in [0.4, 0.5) is 0 Å². The Morgan fingerprint density at radius 2 is 0.618 bits per heavy atom. The molecule has 0 saturated heterocycles. The highest BCUT2D eigenvalue weighted by Crippen LogP contribution is 2.16. The van der Waals surface area contributed by atoms with E-state index in [1.54, 1.807) is 0 Å². The topological polar surface area (TPSA) is 339 Å². The normalized spacial score (nSPS) is 10.5. The van der Waals surface area contributed by atoms with Gasteiger partial charge in [-0.2, -0.15) is 0 Å². The maximum Gasteiger partial charge on any atom is 0.336 e. The first kappa shape index (κ1) is 34.0. The largest absolute Gasteiger partial charge is 0.481 e. The SMILES string of the molecule is O=C(O)/C=C/C(=O)O.O=C(O)CC(O)(CC(=O)O)C(=O)O.O=C(O)CC(O)(CC(=O)O)C(=O)O. The number of carboxylic acid groups (broad SMARTS) is 8. The van der Waals surface area contributed by atoms with Crippen molar-refractivity contribution < 1.29 is 89.4 Å². The van der Waals surface area contributed by atoms with Gasteiger partial charge in [-0.25, -0.2) is 19.2 Å². The van der Waals surface area contributed by atoms with Crippen LogP contribution in [0.5, 0.6) is 0 Å². The minimum Gasteiger partial charge on any atom is -0.481 e. The summed E-state index contributed by atoms with van der Waals surface area (Å²) in [6.07, 6.45) is -3.46. The van der Waals surface area contributed by atoms with Gasteiger partial charge in [0.25, 0.3) is 0 Å². The van der Waals surface area contributed by atoms with Gasteiger partial charge in [0.05, 0.1) is 25.7 Å². The molecule has 0 aliphatic rings. The Labute approximate surface area is 187 Å². The van der Waals surface area contributed by atoms with Crippen molar-refractivity contribution >= 4 is 47.8 Å². The van der Waals surface area contributed by atoms with Crippen LogP contribution >= 0.6 is 0 Å². The van der Waals surface area contributed by atoms with Crippen LogP contribution in [0, 0.1) is 0 Å². The fraction of sp³-hybridized carbons (Fsp3) is 0.375. The predicted molar refractivity (Wildman–Crippen MR) is 98.6 cm³/mol. The number of hydrogen-bond acceptors (Lipinski definition) is 10. The van der Waals surface area contributed by atoms with Gasteiger partial charge in [-0.1, -0.05) is 0 Å². The van der Waals surface area contributed by atoms with Crippen LogP contribution in [0.1, 0.15) is 25.7 Å². The average Bonchev–Trinajstić information content (AvgIpc) is 2.57. The molecule has 0 atom stereocenters. The maximum atomic E-state index is 10.3. The van der Waals surface area contributed by atoms with Crippen LogP contribution in [0.25, 0.3) is 0 Å². The van der Waals surface area contributed by atoms with Gasteiger partial charge in [0.1, 0.15) is 0 Å². The van der Waals surface area contributed by atoms with Gasteiger partial charge >= 0.3 is 47.8 Å². The molecular formula is C16H20O18. The summed E-state index contributed by atoms with van der Waals surface area (Å²) in [5.41, 5.74) is -5.48. The lowest BCUT2D eigenvalue weighted by Gasteiger charge is -2.18. The highest BCUT2D eigenvalue weighted by molar-refractivity contribution is 5.90. The molecule has 0 fully saturated rings.